The zero-order chi connectivity index (χ0) is 16.1. The summed E-state index contributed by atoms with van der Waals surface area (Å²) in [6.45, 7) is 5.38. The van der Waals surface area contributed by atoms with Crippen molar-refractivity contribution in [3.63, 3.8) is 0 Å². The average Bonchev–Trinajstić information content (AvgIpc) is 2.77. The Bertz CT molecular complexity index is 698. The van der Waals surface area contributed by atoms with Gasteiger partial charge < -0.3 is 10.1 Å². The van der Waals surface area contributed by atoms with E-state index in [1.165, 1.54) is 6.92 Å². The van der Waals surface area contributed by atoms with Gasteiger partial charge in [0.15, 0.2) is 5.17 Å². The zero-order valence-corrected chi connectivity index (χ0v) is 14.2. The minimum atomic E-state index is -0.364. The molecule has 0 aliphatic carbocycles. The van der Waals surface area contributed by atoms with Gasteiger partial charge in [-0.1, -0.05) is 18.7 Å². The fourth-order valence-corrected chi connectivity index (χ4v) is 3.01. The number of nitrogens with one attached hydrogen (secondary N) is 1. The molecule has 0 atom stereocenters. The number of amidine groups is 1. The molecule has 2 rings (SSSR count). The van der Waals surface area contributed by atoms with Crippen molar-refractivity contribution in [2.45, 2.75) is 6.92 Å². The largest absolute Gasteiger partial charge is 0.488 e. The van der Waals surface area contributed by atoms with E-state index in [-0.39, 0.29) is 11.8 Å². The number of hydrogen-bond acceptors (Lipinski definition) is 4. The molecule has 7 heteroatoms. The number of aliphatic imine (C=N–C) groups is 1. The summed E-state index contributed by atoms with van der Waals surface area (Å²) in [6.07, 6.45) is 3.38. The number of rotatable bonds is 4. The van der Waals surface area contributed by atoms with Crippen LogP contribution in [0, 0.1) is 0 Å². The van der Waals surface area contributed by atoms with E-state index in [9.17, 15) is 9.59 Å². The second-order valence-corrected chi connectivity index (χ2v) is 6.19. The fourth-order valence-electron chi connectivity index (χ4n) is 1.64. The highest BCUT2D eigenvalue weighted by Crippen LogP contribution is 2.30. The van der Waals surface area contributed by atoms with E-state index in [4.69, 9.17) is 4.74 Å². The van der Waals surface area contributed by atoms with Crippen LogP contribution in [-0.4, -0.2) is 23.6 Å². The quantitative estimate of drug-likeness (QED) is 0.643. The fraction of sp³-hybridized carbons (Fsp3) is 0.133. The molecular weight excluding hydrogens is 368 g/mol. The van der Waals surface area contributed by atoms with Gasteiger partial charge in [0.2, 0.25) is 5.91 Å². The summed E-state index contributed by atoms with van der Waals surface area (Å²) in [4.78, 5) is 27.0. The van der Waals surface area contributed by atoms with Gasteiger partial charge in [-0.15, -0.1) is 0 Å². The van der Waals surface area contributed by atoms with Crippen LogP contribution in [0.3, 0.4) is 0 Å². The van der Waals surface area contributed by atoms with Crippen molar-refractivity contribution in [1.29, 1.82) is 0 Å². The molecule has 0 radical (unpaired) electrons. The molecule has 22 heavy (non-hydrogen) atoms. The van der Waals surface area contributed by atoms with E-state index in [1.807, 2.05) is 12.1 Å². The molecule has 2 amide bonds. The van der Waals surface area contributed by atoms with E-state index in [2.05, 4.69) is 32.8 Å². The number of carbonyl (C=O) groups is 2. The van der Waals surface area contributed by atoms with Crippen LogP contribution in [0.4, 0.5) is 0 Å². The Morgan fingerprint density at radius 2 is 2.32 bits per heavy atom. The van der Waals surface area contributed by atoms with Crippen LogP contribution in [0.25, 0.3) is 6.08 Å². The van der Waals surface area contributed by atoms with Crippen LogP contribution in [0.15, 0.2) is 45.2 Å². The number of amides is 2. The first-order valence-electron chi connectivity index (χ1n) is 6.33. The van der Waals surface area contributed by atoms with Crippen LogP contribution in [0.2, 0.25) is 0 Å². The van der Waals surface area contributed by atoms with Crippen LogP contribution >= 0.6 is 27.7 Å². The first-order valence-corrected chi connectivity index (χ1v) is 7.94. The number of benzene rings is 1. The molecule has 0 saturated carbocycles. The smallest absolute Gasteiger partial charge is 0.286 e. The maximum absolute atomic E-state index is 11.8. The second-order valence-electron chi connectivity index (χ2n) is 4.30. The Morgan fingerprint density at radius 1 is 1.55 bits per heavy atom. The Hall–Kier alpha value is -1.86. The van der Waals surface area contributed by atoms with Crippen molar-refractivity contribution in [2.24, 2.45) is 4.99 Å². The summed E-state index contributed by atoms with van der Waals surface area (Å²) in [5.74, 6) is 0.0752. The highest BCUT2D eigenvalue weighted by atomic mass is 79.9. The van der Waals surface area contributed by atoms with Gasteiger partial charge in [-0.2, -0.15) is 4.99 Å². The number of nitrogens with zero attached hydrogens (tertiary/aromatic N) is 1. The molecule has 0 saturated heterocycles. The Morgan fingerprint density at radius 3 is 2.95 bits per heavy atom. The van der Waals surface area contributed by atoms with Gasteiger partial charge in [-0.05, 0) is 51.5 Å². The molecule has 0 spiro atoms. The van der Waals surface area contributed by atoms with Gasteiger partial charge in [-0.25, -0.2) is 0 Å². The molecule has 1 aromatic rings. The van der Waals surface area contributed by atoms with Crippen LogP contribution in [0.1, 0.15) is 12.5 Å². The molecule has 1 aliphatic heterocycles. The molecular formula is C15H13BrN2O3S. The predicted molar refractivity (Wildman–Crippen MR) is 91.7 cm³/mol. The number of carbonyl (C=O) groups excluding carboxylic acids is 2. The highest BCUT2D eigenvalue weighted by molar-refractivity contribution is 9.10. The molecule has 0 unspecified atom stereocenters. The van der Waals surface area contributed by atoms with Gasteiger partial charge in [0, 0.05) is 6.92 Å². The molecule has 1 heterocycles. The van der Waals surface area contributed by atoms with Crippen molar-refractivity contribution >= 4 is 50.7 Å². The first kappa shape index (κ1) is 16.5. The zero-order valence-electron chi connectivity index (χ0n) is 11.8. The number of halogens is 1. The van der Waals surface area contributed by atoms with Crippen molar-refractivity contribution in [1.82, 2.24) is 5.32 Å². The van der Waals surface area contributed by atoms with Crippen molar-refractivity contribution in [2.75, 3.05) is 6.61 Å². The SMILES string of the molecule is C=CCOc1ccc(/C=C2\SC(NC(C)=O)=NC2=O)cc1Br. The molecule has 1 N–H and O–H groups in total. The lowest BCUT2D eigenvalue weighted by Crippen LogP contribution is -2.23. The van der Waals surface area contributed by atoms with Crippen molar-refractivity contribution < 1.29 is 14.3 Å². The van der Waals surface area contributed by atoms with E-state index in [0.717, 1.165) is 21.8 Å². The Balaban J connectivity index is 2.13. The topological polar surface area (TPSA) is 67.8 Å². The summed E-state index contributed by atoms with van der Waals surface area (Å²) >= 11 is 4.56. The highest BCUT2D eigenvalue weighted by Gasteiger charge is 2.22. The molecule has 1 aliphatic rings. The summed E-state index contributed by atoms with van der Waals surface area (Å²) in [6, 6.07) is 5.48. The maximum atomic E-state index is 11.8. The minimum Gasteiger partial charge on any atom is -0.488 e. The number of hydrogen-bond donors (Lipinski definition) is 1. The lowest BCUT2D eigenvalue weighted by molar-refractivity contribution is -0.117. The Kier molecular flexibility index (Phi) is 5.57. The number of ether oxygens (including phenoxy) is 1. The Labute approximate surface area is 140 Å². The molecule has 1 aromatic carbocycles. The predicted octanol–water partition coefficient (Wildman–Crippen LogP) is 3.12. The molecule has 0 aromatic heterocycles. The molecule has 0 fully saturated rings. The van der Waals surface area contributed by atoms with E-state index < -0.39 is 0 Å². The van der Waals surface area contributed by atoms with Gasteiger partial charge >= 0.3 is 0 Å². The van der Waals surface area contributed by atoms with Gasteiger partial charge in [0.1, 0.15) is 12.4 Å². The molecule has 114 valence electrons. The number of thioether (sulfide) groups is 1. The summed E-state index contributed by atoms with van der Waals surface area (Å²) in [5, 5.41) is 2.81. The second kappa shape index (κ2) is 7.42. The van der Waals surface area contributed by atoms with Crippen LogP contribution < -0.4 is 10.1 Å². The van der Waals surface area contributed by atoms with Crippen molar-refractivity contribution in [3.05, 3.63) is 45.8 Å². The normalized spacial score (nSPS) is 15.6. The lowest BCUT2D eigenvalue weighted by Gasteiger charge is -2.06. The van der Waals surface area contributed by atoms with Gasteiger partial charge in [0.25, 0.3) is 5.91 Å². The van der Waals surface area contributed by atoms with Gasteiger partial charge in [-0.3, -0.25) is 9.59 Å². The van der Waals surface area contributed by atoms with Gasteiger partial charge in [0.05, 0.1) is 9.38 Å². The average molecular weight is 381 g/mol. The molecule has 0 bridgehead atoms. The molecule has 5 nitrogen and oxygen atoms in total. The van der Waals surface area contributed by atoms with E-state index in [1.54, 1.807) is 18.2 Å². The third-order valence-electron chi connectivity index (χ3n) is 2.51. The third kappa shape index (κ3) is 4.32. The van der Waals surface area contributed by atoms with E-state index >= 15 is 0 Å². The summed E-state index contributed by atoms with van der Waals surface area (Å²) < 4.78 is 6.24. The van der Waals surface area contributed by atoms with Crippen LogP contribution in [-0.2, 0) is 9.59 Å². The third-order valence-corrected chi connectivity index (χ3v) is 4.03. The monoisotopic (exact) mass is 380 g/mol. The minimum absolute atomic E-state index is 0.258. The maximum Gasteiger partial charge on any atom is 0.286 e. The van der Waals surface area contributed by atoms with Crippen LogP contribution in [0.5, 0.6) is 5.75 Å². The summed E-state index contributed by atoms with van der Waals surface area (Å²) in [5.41, 5.74) is 0.827. The lowest BCUT2D eigenvalue weighted by atomic mass is 10.2. The standard InChI is InChI=1S/C15H13BrN2O3S/c1-3-6-21-12-5-4-10(7-11(12)16)8-13-14(20)18-15(22-13)17-9(2)19/h3-5,7-8H,1,6H2,2H3,(H,17,18,19,20)/b13-8-. The van der Waals surface area contributed by atoms with Crippen molar-refractivity contribution in [3.8, 4) is 5.75 Å². The van der Waals surface area contributed by atoms with E-state index in [0.29, 0.717) is 22.4 Å². The summed E-state index contributed by atoms with van der Waals surface area (Å²) in [7, 11) is 0. The first-order chi connectivity index (χ1) is 10.5.